The largest absolute Gasteiger partial charge is 0.456 e. The molecule has 0 aliphatic rings. The zero-order chi connectivity index (χ0) is 34.4. The fourth-order valence-corrected chi connectivity index (χ4v) is 7.20. The SMILES string of the molecule is c1ccc(-c2nc3cc(N(c4ccccc4)c4ccc5oc6ccccc6c5c4)cc(N(c4ccccc4)c4ccc5ccccc5c4)c3o2)cc1. The molecular weight excluding hydrogens is 639 g/mol. The highest BCUT2D eigenvalue weighted by molar-refractivity contribution is 6.07. The Bertz CT molecular complexity index is 2860. The fourth-order valence-electron chi connectivity index (χ4n) is 7.20. The molecule has 0 radical (unpaired) electrons. The summed E-state index contributed by atoms with van der Waals surface area (Å²) >= 11 is 0. The summed E-state index contributed by atoms with van der Waals surface area (Å²) in [5, 5.41) is 4.48. The lowest BCUT2D eigenvalue weighted by Crippen LogP contribution is -2.13. The van der Waals surface area contributed by atoms with Gasteiger partial charge in [0.1, 0.15) is 16.7 Å². The van der Waals surface area contributed by atoms with Gasteiger partial charge >= 0.3 is 0 Å². The van der Waals surface area contributed by atoms with Crippen molar-refractivity contribution in [3.8, 4) is 11.5 Å². The van der Waals surface area contributed by atoms with Crippen LogP contribution in [0.1, 0.15) is 0 Å². The van der Waals surface area contributed by atoms with Crippen LogP contribution >= 0.6 is 0 Å². The standard InChI is InChI=1S/C47H31N3O2/c1-4-15-33(16-5-1)47-48-42-30-39(49(35-18-6-2-7-19-35)38-26-27-45-41(29-38)40-22-12-13-23-44(40)51-45)31-43(46(42)52-47)50(36-20-8-3-9-21-36)37-25-24-32-14-10-11-17-34(32)28-37/h1-31H. The van der Waals surface area contributed by atoms with E-state index >= 15 is 0 Å². The number of anilines is 6. The lowest BCUT2D eigenvalue weighted by atomic mass is 10.1. The Hall–Kier alpha value is -7.11. The molecule has 246 valence electrons. The average Bonchev–Trinajstić information content (AvgIpc) is 3.81. The summed E-state index contributed by atoms with van der Waals surface area (Å²) in [5.74, 6) is 0.568. The topological polar surface area (TPSA) is 45.7 Å². The van der Waals surface area contributed by atoms with Crippen LogP contribution < -0.4 is 9.80 Å². The lowest BCUT2D eigenvalue weighted by molar-refractivity contribution is 0.620. The van der Waals surface area contributed by atoms with Gasteiger partial charge in [0.15, 0.2) is 5.58 Å². The Morgan fingerprint density at radius 2 is 1.00 bits per heavy atom. The van der Waals surface area contributed by atoms with Crippen molar-refractivity contribution in [2.45, 2.75) is 0 Å². The highest BCUT2D eigenvalue weighted by Crippen LogP contribution is 2.46. The van der Waals surface area contributed by atoms with Gasteiger partial charge in [-0.15, -0.1) is 0 Å². The van der Waals surface area contributed by atoms with E-state index < -0.39 is 0 Å². The first-order chi connectivity index (χ1) is 25.8. The molecular formula is C47H31N3O2. The Balaban J connectivity index is 1.26. The van der Waals surface area contributed by atoms with Gasteiger partial charge in [0.25, 0.3) is 0 Å². The Kier molecular flexibility index (Phi) is 7.07. The Labute approximate surface area is 300 Å². The Morgan fingerprint density at radius 1 is 0.385 bits per heavy atom. The van der Waals surface area contributed by atoms with Crippen LogP contribution in [0.3, 0.4) is 0 Å². The smallest absolute Gasteiger partial charge is 0.227 e. The summed E-state index contributed by atoms with van der Waals surface area (Å²) in [4.78, 5) is 9.70. The molecule has 10 aromatic rings. The molecule has 0 atom stereocenters. The van der Waals surface area contributed by atoms with Crippen molar-refractivity contribution < 1.29 is 8.83 Å². The third-order valence-electron chi connectivity index (χ3n) is 9.61. The molecule has 52 heavy (non-hydrogen) atoms. The van der Waals surface area contributed by atoms with Gasteiger partial charge in [-0.1, -0.05) is 103 Å². The molecule has 0 fully saturated rings. The van der Waals surface area contributed by atoms with E-state index in [2.05, 4.69) is 143 Å². The van der Waals surface area contributed by atoms with E-state index in [4.69, 9.17) is 13.8 Å². The summed E-state index contributed by atoms with van der Waals surface area (Å²) in [7, 11) is 0. The van der Waals surface area contributed by atoms with E-state index in [0.29, 0.717) is 11.5 Å². The normalized spacial score (nSPS) is 11.5. The molecule has 0 aliphatic carbocycles. The summed E-state index contributed by atoms with van der Waals surface area (Å²) < 4.78 is 13.0. The molecule has 0 N–H and O–H groups in total. The van der Waals surface area contributed by atoms with Gasteiger partial charge in [0, 0.05) is 39.1 Å². The quantitative estimate of drug-likeness (QED) is 0.169. The summed E-state index contributed by atoms with van der Waals surface area (Å²) in [5.41, 5.74) is 9.94. The molecule has 0 saturated carbocycles. The molecule has 0 spiro atoms. The van der Waals surface area contributed by atoms with Crippen LogP contribution in [0.15, 0.2) is 197 Å². The van der Waals surface area contributed by atoms with E-state index in [-0.39, 0.29) is 0 Å². The lowest BCUT2D eigenvalue weighted by Gasteiger charge is -2.29. The molecule has 2 aromatic heterocycles. The minimum Gasteiger partial charge on any atom is -0.456 e. The van der Waals surface area contributed by atoms with Crippen molar-refractivity contribution in [3.05, 3.63) is 188 Å². The second-order valence-corrected chi connectivity index (χ2v) is 12.9. The molecule has 0 unspecified atom stereocenters. The molecule has 0 amide bonds. The van der Waals surface area contributed by atoms with E-state index in [1.807, 2.05) is 54.6 Å². The van der Waals surface area contributed by atoms with Crippen molar-refractivity contribution in [2.24, 2.45) is 0 Å². The monoisotopic (exact) mass is 669 g/mol. The second-order valence-electron chi connectivity index (χ2n) is 12.9. The maximum atomic E-state index is 6.75. The highest BCUT2D eigenvalue weighted by atomic mass is 16.3. The molecule has 10 rings (SSSR count). The number of oxazole rings is 1. The van der Waals surface area contributed by atoms with Gasteiger partial charge in [-0.3, -0.25) is 0 Å². The molecule has 2 heterocycles. The van der Waals surface area contributed by atoms with Crippen molar-refractivity contribution >= 4 is 77.9 Å². The number of rotatable bonds is 7. The number of fused-ring (bicyclic) bond motifs is 5. The average molecular weight is 670 g/mol. The predicted molar refractivity (Wildman–Crippen MR) is 214 cm³/mol. The van der Waals surface area contributed by atoms with Gasteiger partial charge in [-0.2, -0.15) is 0 Å². The van der Waals surface area contributed by atoms with Crippen molar-refractivity contribution in [3.63, 3.8) is 0 Å². The van der Waals surface area contributed by atoms with E-state index in [9.17, 15) is 0 Å². The zero-order valence-corrected chi connectivity index (χ0v) is 28.1. The first kappa shape index (κ1) is 29.8. The first-order valence-corrected chi connectivity index (χ1v) is 17.4. The van der Waals surface area contributed by atoms with Gasteiger partial charge in [0.2, 0.25) is 5.89 Å². The van der Waals surface area contributed by atoms with Crippen molar-refractivity contribution in [1.29, 1.82) is 0 Å². The van der Waals surface area contributed by atoms with Gasteiger partial charge < -0.3 is 18.6 Å². The van der Waals surface area contributed by atoms with Crippen molar-refractivity contribution in [1.82, 2.24) is 4.98 Å². The molecule has 5 heteroatoms. The molecule has 0 aliphatic heterocycles. The van der Waals surface area contributed by atoms with Crippen LogP contribution in [0.4, 0.5) is 34.1 Å². The first-order valence-electron chi connectivity index (χ1n) is 17.4. The van der Waals surface area contributed by atoms with Gasteiger partial charge in [0.05, 0.1) is 11.4 Å². The predicted octanol–water partition coefficient (Wildman–Crippen LogP) is 13.5. The second kappa shape index (κ2) is 12.3. The maximum absolute atomic E-state index is 6.75. The van der Waals surface area contributed by atoms with Crippen molar-refractivity contribution in [2.75, 3.05) is 9.80 Å². The summed E-state index contributed by atoms with van der Waals surface area (Å²) in [6.45, 7) is 0. The maximum Gasteiger partial charge on any atom is 0.227 e. The zero-order valence-electron chi connectivity index (χ0n) is 28.1. The number of para-hydroxylation sites is 3. The van der Waals surface area contributed by atoms with E-state index in [1.165, 1.54) is 5.39 Å². The third-order valence-corrected chi connectivity index (χ3v) is 9.61. The van der Waals surface area contributed by atoms with Crippen LogP contribution in [-0.4, -0.2) is 4.98 Å². The van der Waals surface area contributed by atoms with Gasteiger partial charge in [-0.25, -0.2) is 4.98 Å². The minimum atomic E-state index is 0.568. The number of furan rings is 1. The van der Waals surface area contributed by atoms with E-state index in [0.717, 1.165) is 72.5 Å². The molecule has 0 saturated heterocycles. The summed E-state index contributed by atoms with van der Waals surface area (Å²) in [6, 6.07) is 65.0. The fraction of sp³-hybridized carbons (Fsp3) is 0. The molecule has 8 aromatic carbocycles. The molecule has 0 bridgehead atoms. The number of hydrogen-bond acceptors (Lipinski definition) is 5. The van der Waals surface area contributed by atoms with Crippen LogP contribution in [-0.2, 0) is 0 Å². The third kappa shape index (κ3) is 5.15. The number of aromatic nitrogens is 1. The molecule has 5 nitrogen and oxygen atoms in total. The number of hydrogen-bond donors (Lipinski definition) is 0. The number of benzene rings is 8. The highest BCUT2D eigenvalue weighted by Gasteiger charge is 2.24. The number of nitrogens with zero attached hydrogens (tertiary/aromatic N) is 3. The van der Waals surface area contributed by atoms with E-state index in [1.54, 1.807) is 0 Å². The van der Waals surface area contributed by atoms with Crippen LogP contribution in [0, 0.1) is 0 Å². The summed E-state index contributed by atoms with van der Waals surface area (Å²) in [6.07, 6.45) is 0. The van der Waals surface area contributed by atoms with Gasteiger partial charge in [-0.05, 0) is 95.7 Å². The minimum absolute atomic E-state index is 0.568. The van der Waals surface area contributed by atoms with Crippen LogP contribution in [0.2, 0.25) is 0 Å². The van der Waals surface area contributed by atoms with Crippen LogP contribution in [0.25, 0.3) is 55.3 Å². The Morgan fingerprint density at radius 3 is 1.79 bits per heavy atom. The van der Waals surface area contributed by atoms with Crippen LogP contribution in [0.5, 0.6) is 0 Å².